The smallest absolute Gasteiger partial charge is 0.325 e. The number of pyridine rings is 1. The van der Waals surface area contributed by atoms with Crippen LogP contribution in [0.15, 0.2) is 30.5 Å². The molecule has 6 nitrogen and oxygen atoms in total. The Kier molecular flexibility index (Phi) is 5.27. The Balaban J connectivity index is 1.71. The normalized spacial score (nSPS) is 16.8. The number of hydrogen-bond donors (Lipinski definition) is 1. The predicted molar refractivity (Wildman–Crippen MR) is 96.5 cm³/mol. The van der Waals surface area contributed by atoms with E-state index < -0.39 is 23.6 Å². The lowest BCUT2D eigenvalue weighted by molar-refractivity contribution is -0.124. The number of nitrogens with one attached hydrogen (secondary N) is 1. The van der Waals surface area contributed by atoms with E-state index in [9.17, 15) is 18.4 Å². The molecule has 2 heterocycles. The molecular formula is C18H17ClF2N4O2. The molecule has 0 spiro atoms. The molecule has 1 aromatic heterocycles. The van der Waals surface area contributed by atoms with Crippen LogP contribution in [-0.4, -0.2) is 41.5 Å². The Labute approximate surface area is 159 Å². The minimum atomic E-state index is -1.16. The highest BCUT2D eigenvalue weighted by molar-refractivity contribution is 6.31. The highest BCUT2D eigenvalue weighted by Gasteiger charge is 2.40. The van der Waals surface area contributed by atoms with Crippen LogP contribution < -0.4 is 10.2 Å². The molecule has 1 atom stereocenters. The van der Waals surface area contributed by atoms with E-state index in [0.29, 0.717) is 11.4 Å². The molecule has 1 fully saturated rings. The Morgan fingerprint density at radius 2 is 2.11 bits per heavy atom. The lowest BCUT2D eigenvalue weighted by Crippen LogP contribution is -2.43. The summed E-state index contributed by atoms with van der Waals surface area (Å²) in [5.74, 6) is -2.64. The van der Waals surface area contributed by atoms with Crippen LogP contribution in [0.1, 0.15) is 11.3 Å². The summed E-state index contributed by atoms with van der Waals surface area (Å²) in [7, 11) is 1.53. The number of aromatic nitrogens is 1. The summed E-state index contributed by atoms with van der Waals surface area (Å²) in [5, 5.41) is 2.24. The predicted octanol–water partition coefficient (Wildman–Crippen LogP) is 2.88. The van der Waals surface area contributed by atoms with E-state index in [-0.39, 0.29) is 29.7 Å². The minimum absolute atomic E-state index is 0.0840. The number of likely N-dealkylation sites (N-methyl/N-ethyl adjacent to an activating group) is 1. The van der Waals surface area contributed by atoms with Gasteiger partial charge >= 0.3 is 6.03 Å². The molecule has 1 aromatic carbocycles. The largest absolute Gasteiger partial charge is 0.350 e. The van der Waals surface area contributed by atoms with Crippen LogP contribution in [0.25, 0.3) is 0 Å². The molecule has 1 aliphatic heterocycles. The second-order valence-corrected chi connectivity index (χ2v) is 6.56. The van der Waals surface area contributed by atoms with Gasteiger partial charge in [-0.15, -0.1) is 0 Å². The molecule has 1 saturated heterocycles. The molecule has 27 heavy (non-hydrogen) atoms. The van der Waals surface area contributed by atoms with Crippen molar-refractivity contribution in [2.45, 2.75) is 19.5 Å². The standard InChI is InChI=1S/C18H17ClF2N4O2/c1-10-13(4-3-7-22-10)25-9-14(24(2)18(25)27)17(26)23-8-11-5-6-12(20)16(21)15(11)19/h3-7,14H,8-9H2,1-2H3,(H,23,26). The van der Waals surface area contributed by atoms with Gasteiger partial charge in [-0.2, -0.15) is 0 Å². The van der Waals surface area contributed by atoms with E-state index in [1.54, 1.807) is 25.3 Å². The molecule has 0 radical (unpaired) electrons. The fraction of sp³-hybridized carbons (Fsp3) is 0.278. The molecular weight excluding hydrogens is 378 g/mol. The molecule has 1 aliphatic rings. The van der Waals surface area contributed by atoms with E-state index >= 15 is 0 Å². The van der Waals surface area contributed by atoms with Crippen LogP contribution in [0.2, 0.25) is 5.02 Å². The summed E-state index contributed by atoms with van der Waals surface area (Å²) in [6.07, 6.45) is 1.62. The summed E-state index contributed by atoms with van der Waals surface area (Å²) in [4.78, 5) is 32.0. The monoisotopic (exact) mass is 394 g/mol. The van der Waals surface area contributed by atoms with Crippen molar-refractivity contribution in [2.24, 2.45) is 0 Å². The molecule has 142 valence electrons. The summed E-state index contributed by atoms with van der Waals surface area (Å²) < 4.78 is 26.7. The van der Waals surface area contributed by atoms with E-state index in [4.69, 9.17) is 11.6 Å². The van der Waals surface area contributed by atoms with Crippen LogP contribution in [0, 0.1) is 18.6 Å². The van der Waals surface area contributed by atoms with Gasteiger partial charge in [-0.05, 0) is 30.7 Å². The van der Waals surface area contributed by atoms with Gasteiger partial charge in [-0.3, -0.25) is 14.7 Å². The van der Waals surface area contributed by atoms with Gasteiger partial charge < -0.3 is 10.2 Å². The van der Waals surface area contributed by atoms with Gasteiger partial charge in [-0.1, -0.05) is 17.7 Å². The van der Waals surface area contributed by atoms with Crippen LogP contribution in [0.4, 0.5) is 19.3 Å². The van der Waals surface area contributed by atoms with Gasteiger partial charge in [-0.25, -0.2) is 13.6 Å². The second-order valence-electron chi connectivity index (χ2n) is 6.18. The van der Waals surface area contributed by atoms with Gasteiger partial charge in [0, 0.05) is 19.8 Å². The zero-order chi connectivity index (χ0) is 19.7. The van der Waals surface area contributed by atoms with Gasteiger partial charge in [0.1, 0.15) is 6.04 Å². The van der Waals surface area contributed by atoms with E-state index in [2.05, 4.69) is 10.3 Å². The molecule has 2 aromatic rings. The van der Waals surface area contributed by atoms with Gasteiger partial charge in [0.25, 0.3) is 0 Å². The maximum atomic E-state index is 13.5. The number of hydrogen-bond acceptors (Lipinski definition) is 3. The number of amides is 3. The number of halogens is 3. The SMILES string of the molecule is Cc1ncccc1N1CC(C(=O)NCc2ccc(F)c(F)c2Cl)N(C)C1=O. The Morgan fingerprint density at radius 3 is 2.81 bits per heavy atom. The second kappa shape index (κ2) is 7.48. The maximum absolute atomic E-state index is 13.5. The first-order chi connectivity index (χ1) is 12.8. The lowest BCUT2D eigenvalue weighted by atomic mass is 10.2. The maximum Gasteiger partial charge on any atom is 0.325 e. The quantitative estimate of drug-likeness (QED) is 0.811. The number of anilines is 1. The first-order valence-electron chi connectivity index (χ1n) is 8.17. The Hall–Kier alpha value is -2.74. The fourth-order valence-corrected chi connectivity index (χ4v) is 3.14. The zero-order valence-corrected chi connectivity index (χ0v) is 15.4. The summed E-state index contributed by atoms with van der Waals surface area (Å²) >= 11 is 5.77. The van der Waals surface area contributed by atoms with Crippen molar-refractivity contribution in [1.29, 1.82) is 0 Å². The Bertz CT molecular complexity index is 909. The highest BCUT2D eigenvalue weighted by Crippen LogP contribution is 2.25. The van der Waals surface area contributed by atoms with Crippen LogP contribution >= 0.6 is 11.6 Å². The third-order valence-electron chi connectivity index (χ3n) is 4.50. The minimum Gasteiger partial charge on any atom is -0.350 e. The molecule has 9 heteroatoms. The average molecular weight is 395 g/mol. The molecule has 3 amide bonds. The number of carbonyl (C=O) groups is 2. The number of benzene rings is 1. The number of rotatable bonds is 4. The summed E-state index contributed by atoms with van der Waals surface area (Å²) in [5.41, 5.74) is 1.55. The van der Waals surface area contributed by atoms with Gasteiger partial charge in [0.05, 0.1) is 22.9 Å². The molecule has 1 unspecified atom stereocenters. The lowest BCUT2D eigenvalue weighted by Gasteiger charge is -2.17. The fourth-order valence-electron chi connectivity index (χ4n) is 2.92. The van der Waals surface area contributed by atoms with Crippen molar-refractivity contribution in [1.82, 2.24) is 15.2 Å². The van der Waals surface area contributed by atoms with Crippen molar-refractivity contribution in [3.63, 3.8) is 0 Å². The van der Waals surface area contributed by atoms with Gasteiger partial charge in [0.15, 0.2) is 11.6 Å². The molecule has 0 aliphatic carbocycles. The third kappa shape index (κ3) is 3.57. The van der Waals surface area contributed by atoms with Crippen LogP contribution in [-0.2, 0) is 11.3 Å². The first kappa shape index (κ1) is 19.0. The number of nitrogens with zero attached hydrogens (tertiary/aromatic N) is 3. The summed E-state index contributed by atoms with van der Waals surface area (Å²) in [6.45, 7) is 1.85. The van der Waals surface area contributed by atoms with Crippen molar-refractivity contribution in [3.05, 3.63) is 58.4 Å². The van der Waals surface area contributed by atoms with E-state index in [1.807, 2.05) is 0 Å². The number of aryl methyl sites for hydroxylation is 1. The number of carbonyl (C=O) groups excluding carboxylic acids is 2. The zero-order valence-electron chi connectivity index (χ0n) is 14.7. The van der Waals surface area contributed by atoms with E-state index in [1.165, 1.54) is 22.9 Å². The molecule has 3 rings (SSSR count). The topological polar surface area (TPSA) is 65.5 Å². The third-order valence-corrected chi connectivity index (χ3v) is 4.91. The Morgan fingerprint density at radius 1 is 1.37 bits per heavy atom. The molecule has 1 N–H and O–H groups in total. The molecule has 0 saturated carbocycles. The van der Waals surface area contributed by atoms with E-state index in [0.717, 1.165) is 6.07 Å². The summed E-state index contributed by atoms with van der Waals surface area (Å²) in [6, 6.07) is 4.67. The molecule has 0 bridgehead atoms. The first-order valence-corrected chi connectivity index (χ1v) is 8.55. The van der Waals surface area contributed by atoms with Crippen molar-refractivity contribution >= 4 is 29.2 Å². The van der Waals surface area contributed by atoms with Gasteiger partial charge in [0.2, 0.25) is 5.91 Å². The number of urea groups is 1. The highest BCUT2D eigenvalue weighted by atomic mass is 35.5. The van der Waals surface area contributed by atoms with Crippen LogP contribution in [0.5, 0.6) is 0 Å². The van der Waals surface area contributed by atoms with Crippen molar-refractivity contribution in [2.75, 3.05) is 18.5 Å². The average Bonchev–Trinajstić information content (AvgIpc) is 2.95. The van der Waals surface area contributed by atoms with Crippen LogP contribution in [0.3, 0.4) is 0 Å². The van der Waals surface area contributed by atoms with Crippen molar-refractivity contribution < 1.29 is 18.4 Å². The van der Waals surface area contributed by atoms with Crippen molar-refractivity contribution in [3.8, 4) is 0 Å².